The maximum absolute atomic E-state index is 9.19. The zero-order valence-electron chi connectivity index (χ0n) is 10.2. The van der Waals surface area contributed by atoms with Gasteiger partial charge in [0, 0.05) is 6.61 Å². The first-order valence-electron chi connectivity index (χ1n) is 3.80. The Balaban J connectivity index is -0.0000000739. The maximum Gasteiger partial charge on any atom is 0.261 e. The fourth-order valence-corrected chi connectivity index (χ4v) is 0. The van der Waals surface area contributed by atoms with Crippen LogP contribution in [0.4, 0.5) is 0 Å². The molecular weight excluding hydrogens is 316 g/mol. The highest BCUT2D eigenvalue weighted by Crippen LogP contribution is 1.61. The Morgan fingerprint density at radius 1 is 0.667 bits per heavy atom. The SMILES string of the molecule is CCO.CS(=O)(=O)O.CS(=O)(=O)O.CS(=O)(=O)O. The van der Waals surface area contributed by atoms with Gasteiger partial charge in [-0.2, -0.15) is 25.3 Å². The Labute approximate surface area is 107 Å². The van der Waals surface area contributed by atoms with E-state index in [9.17, 15) is 25.3 Å². The molecule has 18 heavy (non-hydrogen) atoms. The Hall–Kier alpha value is -0.310. The third-order valence-electron chi connectivity index (χ3n) is 0. The van der Waals surface area contributed by atoms with Gasteiger partial charge in [0.15, 0.2) is 0 Å². The third kappa shape index (κ3) is 35200. The molecule has 0 aliphatic rings. The second kappa shape index (κ2) is 11.8. The Kier molecular flexibility index (Phi) is 17.2. The van der Waals surface area contributed by atoms with Crippen molar-refractivity contribution < 1.29 is 44.0 Å². The summed E-state index contributed by atoms with van der Waals surface area (Å²) in [7, 11) is -11.0. The normalized spacial score (nSPS) is 10.7. The van der Waals surface area contributed by atoms with Crippen molar-refractivity contribution in [1.82, 2.24) is 0 Å². The van der Waals surface area contributed by atoms with Crippen LogP contribution in [0.1, 0.15) is 6.92 Å². The summed E-state index contributed by atoms with van der Waals surface area (Å²) in [4.78, 5) is 0. The number of aliphatic hydroxyl groups excluding tert-OH is 1. The lowest BCUT2D eigenvalue weighted by atomic mass is 10.9. The van der Waals surface area contributed by atoms with E-state index in [1.165, 1.54) is 0 Å². The molecular formula is C5H18O10S3. The van der Waals surface area contributed by atoms with E-state index in [0.717, 1.165) is 0 Å². The van der Waals surface area contributed by atoms with E-state index in [1.807, 2.05) is 0 Å². The smallest absolute Gasteiger partial charge is 0.261 e. The summed E-state index contributed by atoms with van der Waals surface area (Å²) in [5.41, 5.74) is 0. The van der Waals surface area contributed by atoms with Crippen molar-refractivity contribution in [2.75, 3.05) is 25.4 Å². The van der Waals surface area contributed by atoms with Crippen LogP contribution in [0.3, 0.4) is 0 Å². The molecule has 0 bridgehead atoms. The highest BCUT2D eigenvalue weighted by molar-refractivity contribution is 7.85. The van der Waals surface area contributed by atoms with E-state index in [2.05, 4.69) is 0 Å². The lowest BCUT2D eigenvalue weighted by Gasteiger charge is -1.69. The molecule has 0 atom stereocenters. The van der Waals surface area contributed by atoms with E-state index >= 15 is 0 Å². The molecule has 0 spiro atoms. The van der Waals surface area contributed by atoms with Crippen LogP contribution in [0, 0.1) is 0 Å². The molecule has 116 valence electrons. The van der Waals surface area contributed by atoms with Gasteiger partial charge < -0.3 is 5.11 Å². The molecule has 0 aromatic carbocycles. The first-order valence-corrected chi connectivity index (χ1v) is 9.34. The highest BCUT2D eigenvalue weighted by Gasteiger charge is 1.82. The van der Waals surface area contributed by atoms with Crippen LogP contribution in [0.2, 0.25) is 0 Å². The van der Waals surface area contributed by atoms with Gasteiger partial charge in [0.2, 0.25) is 0 Å². The standard InChI is InChI=1S/C2H6O.3CH4O3S/c1-2-3;3*1-5(2,3)4/h3H,2H2,1H3;3*1H3,(H,2,3,4). The zero-order valence-corrected chi connectivity index (χ0v) is 12.6. The largest absolute Gasteiger partial charge is 0.397 e. The van der Waals surface area contributed by atoms with E-state index in [4.69, 9.17) is 18.8 Å². The molecule has 0 aromatic rings. The molecule has 0 rings (SSSR count). The van der Waals surface area contributed by atoms with Crippen molar-refractivity contribution in [2.45, 2.75) is 6.92 Å². The van der Waals surface area contributed by atoms with Gasteiger partial charge in [-0.1, -0.05) is 0 Å². The summed E-state index contributed by atoms with van der Waals surface area (Å²) >= 11 is 0. The van der Waals surface area contributed by atoms with Crippen LogP contribution in [-0.2, 0) is 30.4 Å². The monoisotopic (exact) mass is 334 g/mol. The maximum atomic E-state index is 9.19. The van der Waals surface area contributed by atoms with Crippen molar-refractivity contribution in [2.24, 2.45) is 0 Å². The second-order valence-corrected chi connectivity index (χ2v) is 6.91. The van der Waals surface area contributed by atoms with Crippen molar-refractivity contribution in [1.29, 1.82) is 0 Å². The lowest BCUT2D eigenvalue weighted by Crippen LogP contribution is -1.88. The van der Waals surface area contributed by atoms with Crippen LogP contribution in [0.5, 0.6) is 0 Å². The average Bonchev–Trinajstić information content (AvgIpc) is 1.71. The Morgan fingerprint density at radius 3 is 0.667 bits per heavy atom. The predicted octanol–water partition coefficient (Wildman–Crippen LogP) is -1.49. The van der Waals surface area contributed by atoms with Gasteiger partial charge in [0.25, 0.3) is 30.4 Å². The molecule has 0 radical (unpaired) electrons. The van der Waals surface area contributed by atoms with Crippen LogP contribution in [0.15, 0.2) is 0 Å². The zero-order chi connectivity index (χ0) is 16.2. The van der Waals surface area contributed by atoms with Crippen LogP contribution in [-0.4, -0.2) is 69.4 Å². The predicted molar refractivity (Wildman–Crippen MR) is 65.2 cm³/mol. The van der Waals surface area contributed by atoms with Gasteiger partial charge in [-0.25, -0.2) is 0 Å². The summed E-state index contributed by atoms with van der Waals surface area (Å²) in [5.74, 6) is 0. The number of rotatable bonds is 0. The van der Waals surface area contributed by atoms with E-state index < -0.39 is 30.4 Å². The molecule has 0 fully saturated rings. The molecule has 0 amide bonds. The fourth-order valence-electron chi connectivity index (χ4n) is 0. The second-order valence-electron chi connectivity index (χ2n) is 2.52. The molecule has 0 unspecified atom stereocenters. The topological polar surface area (TPSA) is 183 Å². The third-order valence-corrected chi connectivity index (χ3v) is 0. The minimum atomic E-state index is -3.67. The molecule has 0 heterocycles. The van der Waals surface area contributed by atoms with Crippen molar-refractivity contribution >= 4 is 30.4 Å². The summed E-state index contributed by atoms with van der Waals surface area (Å²) in [6.45, 7) is 1.93. The number of hydrogen-bond acceptors (Lipinski definition) is 7. The summed E-state index contributed by atoms with van der Waals surface area (Å²) in [6, 6.07) is 0. The van der Waals surface area contributed by atoms with E-state index in [0.29, 0.717) is 18.8 Å². The van der Waals surface area contributed by atoms with Gasteiger partial charge in [0.1, 0.15) is 0 Å². The number of hydrogen-bond donors (Lipinski definition) is 4. The summed E-state index contributed by atoms with van der Waals surface area (Å²) in [6.07, 6.45) is 2.15. The molecule has 10 nitrogen and oxygen atoms in total. The van der Waals surface area contributed by atoms with Gasteiger partial charge in [-0.3, -0.25) is 13.7 Å². The van der Waals surface area contributed by atoms with Gasteiger partial charge in [-0.05, 0) is 6.92 Å². The van der Waals surface area contributed by atoms with Crippen LogP contribution >= 0.6 is 0 Å². The highest BCUT2D eigenvalue weighted by atomic mass is 32.2. The molecule has 0 aliphatic carbocycles. The van der Waals surface area contributed by atoms with Gasteiger partial charge >= 0.3 is 0 Å². The Morgan fingerprint density at radius 2 is 0.667 bits per heavy atom. The van der Waals surface area contributed by atoms with Crippen molar-refractivity contribution in [3.8, 4) is 0 Å². The Bertz CT molecular complexity index is 360. The average molecular weight is 334 g/mol. The van der Waals surface area contributed by atoms with E-state index in [-0.39, 0.29) is 6.61 Å². The van der Waals surface area contributed by atoms with Gasteiger partial charge in [0.05, 0.1) is 18.8 Å². The quantitative estimate of drug-likeness (QED) is 0.380. The summed E-state index contributed by atoms with van der Waals surface area (Å²) in [5, 5.41) is 7.57. The number of aliphatic hydroxyl groups is 1. The fraction of sp³-hybridized carbons (Fsp3) is 1.00. The molecule has 0 aliphatic heterocycles. The molecule has 0 aromatic heterocycles. The molecule has 4 N–H and O–H groups in total. The van der Waals surface area contributed by atoms with Crippen molar-refractivity contribution in [3.63, 3.8) is 0 Å². The molecule has 13 heteroatoms. The lowest BCUT2D eigenvalue weighted by molar-refractivity contribution is 0.318. The first kappa shape index (κ1) is 26.3. The minimum absolute atomic E-state index is 0.250. The first-order chi connectivity index (χ1) is 7.41. The van der Waals surface area contributed by atoms with Crippen LogP contribution in [0.25, 0.3) is 0 Å². The van der Waals surface area contributed by atoms with Crippen molar-refractivity contribution in [3.05, 3.63) is 0 Å². The molecule has 0 saturated heterocycles. The minimum Gasteiger partial charge on any atom is -0.397 e. The van der Waals surface area contributed by atoms with E-state index in [1.54, 1.807) is 6.92 Å². The van der Waals surface area contributed by atoms with Crippen LogP contribution < -0.4 is 0 Å². The van der Waals surface area contributed by atoms with Gasteiger partial charge in [-0.15, -0.1) is 0 Å². The molecule has 0 saturated carbocycles. The summed E-state index contributed by atoms with van der Waals surface area (Å²) < 4.78 is 77.6.